The van der Waals surface area contributed by atoms with Crippen molar-refractivity contribution in [1.29, 1.82) is 0 Å². The average molecular weight is 178 g/mol. The standard InChI is InChI=1S/C7H14O5/c1-11-6-2-4(9)7(12-6)5(10)3-8/h4-10H,2-3H2,1H3/t4-,5-,6?,7-/m1/s1. The van der Waals surface area contributed by atoms with Crippen LogP contribution in [-0.4, -0.2) is 53.6 Å². The van der Waals surface area contributed by atoms with Gasteiger partial charge in [-0.2, -0.15) is 0 Å². The van der Waals surface area contributed by atoms with Crippen molar-refractivity contribution in [2.75, 3.05) is 13.7 Å². The van der Waals surface area contributed by atoms with Crippen LogP contribution < -0.4 is 0 Å². The van der Waals surface area contributed by atoms with E-state index in [9.17, 15) is 5.11 Å². The molecule has 1 fully saturated rings. The molecule has 5 nitrogen and oxygen atoms in total. The van der Waals surface area contributed by atoms with Crippen molar-refractivity contribution in [2.24, 2.45) is 0 Å². The summed E-state index contributed by atoms with van der Waals surface area (Å²) in [6.07, 6.45) is -2.69. The highest BCUT2D eigenvalue weighted by molar-refractivity contribution is 4.83. The first-order chi connectivity index (χ1) is 5.69. The van der Waals surface area contributed by atoms with E-state index in [2.05, 4.69) is 0 Å². The third-order valence-electron chi connectivity index (χ3n) is 1.95. The highest BCUT2D eigenvalue weighted by Gasteiger charge is 2.38. The second kappa shape index (κ2) is 4.15. The van der Waals surface area contributed by atoms with E-state index in [1.807, 2.05) is 0 Å². The maximum Gasteiger partial charge on any atom is 0.160 e. The van der Waals surface area contributed by atoms with Crippen LogP contribution in [-0.2, 0) is 9.47 Å². The molecule has 0 spiro atoms. The van der Waals surface area contributed by atoms with Crippen LogP contribution in [0.25, 0.3) is 0 Å². The summed E-state index contributed by atoms with van der Waals surface area (Å²) in [6, 6.07) is 0. The molecule has 1 saturated heterocycles. The lowest BCUT2D eigenvalue weighted by Gasteiger charge is -2.18. The summed E-state index contributed by atoms with van der Waals surface area (Å²) in [5, 5.41) is 27.1. The third kappa shape index (κ3) is 1.94. The molecule has 0 amide bonds. The molecule has 0 radical (unpaired) electrons. The second-order valence-electron chi connectivity index (χ2n) is 2.82. The van der Waals surface area contributed by atoms with E-state index in [4.69, 9.17) is 19.7 Å². The normalized spacial score (nSPS) is 38.5. The molecule has 4 atom stereocenters. The number of methoxy groups -OCH3 is 1. The third-order valence-corrected chi connectivity index (χ3v) is 1.95. The predicted molar refractivity (Wildman–Crippen MR) is 39.4 cm³/mol. The molecule has 0 saturated carbocycles. The van der Waals surface area contributed by atoms with Crippen LogP contribution in [0.1, 0.15) is 6.42 Å². The summed E-state index contributed by atoms with van der Waals surface area (Å²) in [6.45, 7) is -0.418. The molecule has 0 bridgehead atoms. The Bertz CT molecular complexity index is 140. The van der Waals surface area contributed by atoms with E-state index in [-0.39, 0.29) is 0 Å². The number of hydrogen-bond donors (Lipinski definition) is 3. The van der Waals surface area contributed by atoms with Crippen LogP contribution in [0.5, 0.6) is 0 Å². The van der Waals surface area contributed by atoms with Crippen molar-refractivity contribution in [2.45, 2.75) is 31.0 Å². The predicted octanol–water partition coefficient (Wildman–Crippen LogP) is -1.54. The number of hydrogen-bond acceptors (Lipinski definition) is 5. The highest BCUT2D eigenvalue weighted by atomic mass is 16.7. The van der Waals surface area contributed by atoms with Crippen LogP contribution in [0.2, 0.25) is 0 Å². The molecule has 12 heavy (non-hydrogen) atoms. The maximum atomic E-state index is 9.32. The molecule has 1 unspecified atom stereocenters. The molecule has 0 aliphatic carbocycles. The summed E-state index contributed by atoms with van der Waals surface area (Å²) in [7, 11) is 1.46. The average Bonchev–Trinajstić information content (AvgIpc) is 2.45. The minimum absolute atomic E-state index is 0.332. The largest absolute Gasteiger partial charge is 0.394 e. The van der Waals surface area contributed by atoms with Gasteiger partial charge in [0.15, 0.2) is 6.29 Å². The molecular weight excluding hydrogens is 164 g/mol. The van der Waals surface area contributed by atoms with Crippen molar-refractivity contribution in [3.8, 4) is 0 Å². The first-order valence-electron chi connectivity index (χ1n) is 3.84. The van der Waals surface area contributed by atoms with E-state index >= 15 is 0 Å². The first kappa shape index (κ1) is 9.88. The van der Waals surface area contributed by atoms with E-state index in [1.54, 1.807) is 0 Å². The van der Waals surface area contributed by atoms with E-state index in [1.165, 1.54) is 7.11 Å². The van der Waals surface area contributed by atoms with Gasteiger partial charge >= 0.3 is 0 Å². The van der Waals surface area contributed by atoms with Gasteiger partial charge in [0.1, 0.15) is 12.2 Å². The molecule has 0 aromatic heterocycles. The number of ether oxygens (including phenoxy) is 2. The minimum Gasteiger partial charge on any atom is -0.394 e. The molecule has 1 heterocycles. The summed E-state index contributed by atoms with van der Waals surface area (Å²) in [4.78, 5) is 0. The Kier molecular flexibility index (Phi) is 3.42. The molecule has 3 N–H and O–H groups in total. The van der Waals surface area contributed by atoms with Gasteiger partial charge in [-0.15, -0.1) is 0 Å². The topological polar surface area (TPSA) is 79.2 Å². The van der Waals surface area contributed by atoms with Gasteiger partial charge in [-0.3, -0.25) is 0 Å². The minimum atomic E-state index is -1.04. The fraction of sp³-hybridized carbons (Fsp3) is 1.00. The Balaban J connectivity index is 2.45. The molecule has 72 valence electrons. The molecule has 1 aliphatic rings. The van der Waals surface area contributed by atoms with Crippen LogP contribution in [0.4, 0.5) is 0 Å². The Hall–Kier alpha value is -0.200. The Morgan fingerprint density at radius 1 is 1.67 bits per heavy atom. The Morgan fingerprint density at radius 2 is 2.33 bits per heavy atom. The molecule has 0 aromatic carbocycles. The summed E-state index contributed by atoms with van der Waals surface area (Å²) in [5.41, 5.74) is 0. The summed E-state index contributed by atoms with van der Waals surface area (Å²) in [5.74, 6) is 0. The van der Waals surface area contributed by atoms with Gasteiger partial charge in [0, 0.05) is 13.5 Å². The van der Waals surface area contributed by atoms with Crippen LogP contribution in [0.3, 0.4) is 0 Å². The number of aliphatic hydroxyl groups is 3. The zero-order valence-corrected chi connectivity index (χ0v) is 6.88. The van der Waals surface area contributed by atoms with Crippen molar-refractivity contribution in [3.63, 3.8) is 0 Å². The maximum absolute atomic E-state index is 9.32. The van der Waals surface area contributed by atoms with Crippen molar-refractivity contribution in [3.05, 3.63) is 0 Å². The van der Waals surface area contributed by atoms with Gasteiger partial charge in [-0.25, -0.2) is 0 Å². The van der Waals surface area contributed by atoms with Crippen LogP contribution >= 0.6 is 0 Å². The number of rotatable bonds is 3. The fourth-order valence-corrected chi connectivity index (χ4v) is 1.26. The lowest BCUT2D eigenvalue weighted by molar-refractivity contribution is -0.150. The summed E-state index contributed by atoms with van der Waals surface area (Å²) < 4.78 is 9.92. The smallest absolute Gasteiger partial charge is 0.160 e. The first-order valence-corrected chi connectivity index (χ1v) is 3.84. The van der Waals surface area contributed by atoms with E-state index < -0.39 is 31.2 Å². The van der Waals surface area contributed by atoms with E-state index in [0.717, 1.165) is 0 Å². The van der Waals surface area contributed by atoms with E-state index in [0.29, 0.717) is 6.42 Å². The van der Waals surface area contributed by atoms with Crippen molar-refractivity contribution in [1.82, 2.24) is 0 Å². The van der Waals surface area contributed by atoms with Gasteiger partial charge in [0.05, 0.1) is 12.7 Å². The quantitative estimate of drug-likeness (QED) is 0.488. The molecule has 1 aliphatic heterocycles. The van der Waals surface area contributed by atoms with Crippen molar-refractivity contribution < 1.29 is 24.8 Å². The van der Waals surface area contributed by atoms with Gasteiger partial charge in [0.2, 0.25) is 0 Å². The Labute approximate surface area is 70.5 Å². The monoisotopic (exact) mass is 178 g/mol. The summed E-state index contributed by atoms with van der Waals surface area (Å²) >= 11 is 0. The Morgan fingerprint density at radius 3 is 2.75 bits per heavy atom. The second-order valence-corrected chi connectivity index (χ2v) is 2.82. The van der Waals surface area contributed by atoms with Gasteiger partial charge in [-0.05, 0) is 0 Å². The zero-order valence-electron chi connectivity index (χ0n) is 6.88. The van der Waals surface area contributed by atoms with Gasteiger partial charge in [-0.1, -0.05) is 0 Å². The van der Waals surface area contributed by atoms with Crippen molar-refractivity contribution >= 4 is 0 Å². The van der Waals surface area contributed by atoms with Crippen LogP contribution in [0.15, 0.2) is 0 Å². The molecule has 0 aromatic rings. The molecule has 5 heteroatoms. The highest BCUT2D eigenvalue weighted by Crippen LogP contribution is 2.22. The zero-order chi connectivity index (χ0) is 9.14. The van der Waals surface area contributed by atoms with Gasteiger partial charge in [0.25, 0.3) is 0 Å². The SMILES string of the molecule is COC1C[C@@H](O)[C@H]([C@H](O)CO)O1. The van der Waals surface area contributed by atoms with Crippen LogP contribution in [0, 0.1) is 0 Å². The molecule has 1 rings (SSSR count). The lowest BCUT2D eigenvalue weighted by Crippen LogP contribution is -2.36. The number of aliphatic hydroxyl groups excluding tert-OH is 3. The molecular formula is C7H14O5. The van der Waals surface area contributed by atoms with Gasteiger partial charge < -0.3 is 24.8 Å². The fourth-order valence-electron chi connectivity index (χ4n) is 1.26. The lowest BCUT2D eigenvalue weighted by atomic mass is 10.1.